The van der Waals surface area contributed by atoms with Crippen LogP contribution in [0, 0.1) is 28.6 Å². The predicted octanol–water partition coefficient (Wildman–Crippen LogP) is 3.49. The molecular formula is C27H36O8. The molecule has 8 heteroatoms. The number of rotatable bonds is 5. The molecule has 0 bridgehead atoms. The molecule has 8 nitrogen and oxygen atoms in total. The zero-order valence-electron chi connectivity index (χ0n) is 21.3. The van der Waals surface area contributed by atoms with E-state index in [9.17, 15) is 24.0 Å². The number of Topliss-reactive ketones (excluding diaryl/α,β-unsaturated/α-hetero) is 1. The molecule has 192 valence electrons. The van der Waals surface area contributed by atoms with Gasteiger partial charge < -0.3 is 14.2 Å². The van der Waals surface area contributed by atoms with Gasteiger partial charge in [0, 0.05) is 38.5 Å². The first-order valence-corrected chi connectivity index (χ1v) is 12.6. The van der Waals surface area contributed by atoms with Crippen molar-refractivity contribution in [2.45, 2.75) is 91.3 Å². The summed E-state index contributed by atoms with van der Waals surface area (Å²) < 4.78 is 16.9. The summed E-state index contributed by atoms with van der Waals surface area (Å²) in [6, 6.07) is 0. The Bertz CT molecular complexity index is 997. The Kier molecular flexibility index (Phi) is 6.47. The quantitative estimate of drug-likeness (QED) is 0.427. The Hall–Kier alpha value is -2.51. The molecule has 35 heavy (non-hydrogen) atoms. The predicted molar refractivity (Wildman–Crippen MR) is 124 cm³/mol. The number of carbonyl (C=O) groups excluding carboxylic acids is 5. The molecule has 0 saturated heterocycles. The molecule has 0 N–H and O–H groups in total. The lowest BCUT2D eigenvalue weighted by atomic mass is 9.45. The van der Waals surface area contributed by atoms with Gasteiger partial charge in [0.15, 0.2) is 18.0 Å². The SMILES string of the molecule is CC(=O)OCC(=O)[C@]1(OC(C)=O)CC[C@@H]2[C@H]3CCC4=CC(=O)CC[C@]4(C)[C@@H]3[C@@H](OC(C)=O)C[C@@]21C. The molecule has 4 aliphatic carbocycles. The van der Waals surface area contributed by atoms with E-state index in [1.54, 1.807) is 6.08 Å². The molecule has 4 aliphatic rings. The molecule has 3 fully saturated rings. The topological polar surface area (TPSA) is 113 Å². The molecule has 0 amide bonds. The van der Waals surface area contributed by atoms with Gasteiger partial charge >= 0.3 is 17.9 Å². The minimum atomic E-state index is -1.46. The standard InChI is InChI=1S/C27H36O8/c1-15(28)33-14-23(32)27(35-17(3)30)11-9-21-20-7-6-18-12-19(31)8-10-25(18,4)24(20)22(34-16(2)29)13-26(21,27)5/h12,20-22,24H,6-11,13-14H2,1-5H3/t20-,21-,22+,24+,25+,26+,27-/m1/s1. The summed E-state index contributed by atoms with van der Waals surface area (Å²) in [5.41, 5.74) is -1.39. The number of hydrogen-bond acceptors (Lipinski definition) is 8. The van der Waals surface area contributed by atoms with Gasteiger partial charge in [-0.3, -0.25) is 24.0 Å². The van der Waals surface area contributed by atoms with Crippen molar-refractivity contribution in [1.82, 2.24) is 0 Å². The van der Waals surface area contributed by atoms with Gasteiger partial charge in [-0.1, -0.05) is 19.4 Å². The largest absolute Gasteiger partial charge is 0.462 e. The summed E-state index contributed by atoms with van der Waals surface area (Å²) in [5.74, 6) is -1.64. The highest BCUT2D eigenvalue weighted by atomic mass is 16.6. The van der Waals surface area contributed by atoms with Crippen LogP contribution in [0.1, 0.15) is 79.6 Å². The number of ether oxygens (including phenoxy) is 3. The van der Waals surface area contributed by atoms with Crippen molar-refractivity contribution >= 4 is 29.5 Å². The number of hydrogen-bond donors (Lipinski definition) is 0. The van der Waals surface area contributed by atoms with Crippen LogP contribution in [0.4, 0.5) is 0 Å². The van der Waals surface area contributed by atoms with Gasteiger partial charge in [-0.25, -0.2) is 0 Å². The monoisotopic (exact) mass is 488 g/mol. The van der Waals surface area contributed by atoms with Crippen LogP contribution in [-0.2, 0) is 38.2 Å². The first kappa shape index (κ1) is 25.6. The Morgan fingerprint density at radius 1 is 0.971 bits per heavy atom. The molecule has 0 aliphatic heterocycles. The number of esters is 3. The van der Waals surface area contributed by atoms with E-state index in [0.29, 0.717) is 32.1 Å². The fourth-order valence-electron chi connectivity index (χ4n) is 8.17. The van der Waals surface area contributed by atoms with E-state index in [4.69, 9.17) is 14.2 Å². The molecular weight excluding hydrogens is 452 g/mol. The number of allylic oxidation sites excluding steroid dienone is 1. The zero-order valence-corrected chi connectivity index (χ0v) is 21.3. The normalized spacial score (nSPS) is 39.9. The Labute approximate surface area is 206 Å². The van der Waals surface area contributed by atoms with Crippen LogP contribution in [0.25, 0.3) is 0 Å². The van der Waals surface area contributed by atoms with Crippen LogP contribution >= 0.6 is 0 Å². The average Bonchev–Trinajstić information content (AvgIpc) is 3.04. The van der Waals surface area contributed by atoms with Crippen LogP contribution in [0.15, 0.2) is 11.6 Å². The van der Waals surface area contributed by atoms with Crippen molar-refractivity contribution < 1.29 is 38.2 Å². The molecule has 0 heterocycles. The van der Waals surface area contributed by atoms with E-state index in [1.165, 1.54) is 20.8 Å². The molecule has 7 atom stereocenters. The summed E-state index contributed by atoms with van der Waals surface area (Å²) in [6.07, 6.45) is 5.44. The van der Waals surface area contributed by atoms with Crippen LogP contribution in [0.2, 0.25) is 0 Å². The minimum absolute atomic E-state index is 0.00859. The van der Waals surface area contributed by atoms with Crippen LogP contribution in [-0.4, -0.2) is 47.8 Å². The van der Waals surface area contributed by atoms with Gasteiger partial charge in [-0.05, 0) is 61.9 Å². The first-order valence-electron chi connectivity index (χ1n) is 12.6. The van der Waals surface area contributed by atoms with E-state index in [2.05, 4.69) is 6.92 Å². The zero-order chi connectivity index (χ0) is 25.8. The average molecular weight is 489 g/mol. The summed E-state index contributed by atoms with van der Waals surface area (Å²) in [4.78, 5) is 61.7. The minimum Gasteiger partial charge on any atom is -0.462 e. The summed E-state index contributed by atoms with van der Waals surface area (Å²) in [7, 11) is 0. The fraction of sp³-hybridized carbons (Fsp3) is 0.741. The summed E-state index contributed by atoms with van der Waals surface area (Å²) in [5, 5.41) is 0. The Morgan fingerprint density at radius 2 is 1.69 bits per heavy atom. The van der Waals surface area contributed by atoms with Crippen molar-refractivity contribution in [3.8, 4) is 0 Å². The van der Waals surface area contributed by atoms with Gasteiger partial charge in [-0.2, -0.15) is 0 Å². The third-order valence-electron chi connectivity index (χ3n) is 9.49. The summed E-state index contributed by atoms with van der Waals surface area (Å²) in [6.45, 7) is 7.57. The van der Waals surface area contributed by atoms with Crippen molar-refractivity contribution in [3.05, 3.63) is 11.6 Å². The van der Waals surface area contributed by atoms with Crippen molar-refractivity contribution in [1.29, 1.82) is 0 Å². The maximum absolute atomic E-state index is 13.6. The van der Waals surface area contributed by atoms with Gasteiger partial charge in [0.2, 0.25) is 5.78 Å². The van der Waals surface area contributed by atoms with Gasteiger partial charge in [-0.15, -0.1) is 0 Å². The van der Waals surface area contributed by atoms with Crippen molar-refractivity contribution in [3.63, 3.8) is 0 Å². The maximum atomic E-state index is 13.6. The van der Waals surface area contributed by atoms with E-state index < -0.39 is 47.4 Å². The van der Waals surface area contributed by atoms with Crippen molar-refractivity contribution in [2.24, 2.45) is 28.6 Å². The van der Waals surface area contributed by atoms with Crippen molar-refractivity contribution in [2.75, 3.05) is 6.61 Å². The van der Waals surface area contributed by atoms with Gasteiger partial charge in [0.05, 0.1) is 0 Å². The van der Waals surface area contributed by atoms with E-state index >= 15 is 0 Å². The third kappa shape index (κ3) is 4.02. The first-order chi connectivity index (χ1) is 16.3. The molecule has 0 spiro atoms. The molecule has 0 aromatic heterocycles. The highest BCUT2D eigenvalue weighted by Crippen LogP contribution is 2.68. The highest BCUT2D eigenvalue weighted by Gasteiger charge is 2.71. The fourth-order valence-corrected chi connectivity index (χ4v) is 8.17. The molecule has 0 aromatic carbocycles. The number of fused-ring (bicyclic) bond motifs is 5. The van der Waals surface area contributed by atoms with Crippen LogP contribution in [0.3, 0.4) is 0 Å². The molecule has 4 rings (SSSR count). The van der Waals surface area contributed by atoms with E-state index in [0.717, 1.165) is 18.4 Å². The molecule has 3 saturated carbocycles. The smallest absolute Gasteiger partial charge is 0.303 e. The Morgan fingerprint density at radius 3 is 2.31 bits per heavy atom. The van der Waals surface area contributed by atoms with Gasteiger partial charge in [0.25, 0.3) is 0 Å². The molecule has 0 unspecified atom stereocenters. The summed E-state index contributed by atoms with van der Waals surface area (Å²) >= 11 is 0. The van der Waals surface area contributed by atoms with Crippen LogP contribution < -0.4 is 0 Å². The maximum Gasteiger partial charge on any atom is 0.303 e. The second kappa shape index (κ2) is 8.86. The lowest BCUT2D eigenvalue weighted by molar-refractivity contribution is -0.208. The van der Waals surface area contributed by atoms with Gasteiger partial charge in [0.1, 0.15) is 6.10 Å². The lowest BCUT2D eigenvalue weighted by Crippen LogP contribution is -2.63. The van der Waals surface area contributed by atoms with Crippen LogP contribution in [0.5, 0.6) is 0 Å². The second-order valence-corrected chi connectivity index (χ2v) is 11.3. The Balaban J connectivity index is 1.79. The molecule has 0 radical (unpaired) electrons. The highest BCUT2D eigenvalue weighted by molar-refractivity contribution is 5.93. The number of ketones is 2. The van der Waals surface area contributed by atoms with E-state index in [1.807, 2.05) is 6.92 Å². The second-order valence-electron chi connectivity index (χ2n) is 11.3. The van der Waals surface area contributed by atoms with E-state index in [-0.39, 0.29) is 29.0 Å². The number of carbonyl (C=O) groups is 5. The lowest BCUT2D eigenvalue weighted by Gasteiger charge is -2.61. The molecule has 0 aromatic rings. The third-order valence-corrected chi connectivity index (χ3v) is 9.49.